The van der Waals surface area contributed by atoms with E-state index in [1.165, 1.54) is 12.1 Å². The molecule has 0 bridgehead atoms. The SMILES string of the molecule is CC(C)CN=CC(C=N)c1cc2c(cc1F)nc1n2C(c2ccccc2OC(F)F)CC1O. The van der Waals surface area contributed by atoms with Gasteiger partial charge in [0.15, 0.2) is 0 Å². The molecule has 2 heterocycles. The Morgan fingerprint density at radius 1 is 1.30 bits per heavy atom. The van der Waals surface area contributed by atoms with Crippen LogP contribution in [0.2, 0.25) is 0 Å². The summed E-state index contributed by atoms with van der Waals surface area (Å²) in [7, 11) is 0. The molecule has 1 aliphatic rings. The maximum atomic E-state index is 15.0. The number of hydrogen-bond acceptors (Lipinski definition) is 5. The van der Waals surface area contributed by atoms with Crippen molar-refractivity contribution in [3.63, 3.8) is 0 Å². The molecular formula is C24H25F3N4O2. The molecule has 0 aliphatic carbocycles. The minimum absolute atomic E-state index is 0.0138. The highest BCUT2D eigenvalue weighted by Gasteiger charge is 2.36. The average molecular weight is 458 g/mol. The van der Waals surface area contributed by atoms with E-state index < -0.39 is 30.5 Å². The molecule has 3 unspecified atom stereocenters. The van der Waals surface area contributed by atoms with Crippen LogP contribution < -0.4 is 4.74 Å². The molecule has 33 heavy (non-hydrogen) atoms. The third-order valence-electron chi connectivity index (χ3n) is 5.66. The molecule has 174 valence electrons. The van der Waals surface area contributed by atoms with E-state index in [2.05, 4.69) is 9.98 Å². The number of halogens is 3. The molecule has 0 amide bonds. The van der Waals surface area contributed by atoms with Crippen LogP contribution >= 0.6 is 0 Å². The van der Waals surface area contributed by atoms with Gasteiger partial charge in [-0.2, -0.15) is 8.78 Å². The fourth-order valence-electron chi connectivity index (χ4n) is 4.21. The summed E-state index contributed by atoms with van der Waals surface area (Å²) in [4.78, 5) is 8.73. The third-order valence-corrected chi connectivity index (χ3v) is 5.66. The maximum Gasteiger partial charge on any atom is 0.387 e. The first-order valence-corrected chi connectivity index (χ1v) is 10.7. The molecule has 1 aliphatic heterocycles. The molecule has 0 saturated heterocycles. The van der Waals surface area contributed by atoms with Crippen LogP contribution in [0.5, 0.6) is 5.75 Å². The van der Waals surface area contributed by atoms with Crippen molar-refractivity contribution in [3.05, 3.63) is 59.2 Å². The van der Waals surface area contributed by atoms with Crippen molar-refractivity contribution in [2.45, 2.75) is 44.9 Å². The summed E-state index contributed by atoms with van der Waals surface area (Å²) in [5.74, 6) is -0.524. The van der Waals surface area contributed by atoms with Crippen molar-refractivity contribution in [2.24, 2.45) is 10.9 Å². The number of aliphatic imine (C=N–C) groups is 1. The second-order valence-electron chi connectivity index (χ2n) is 8.49. The smallest absolute Gasteiger partial charge is 0.387 e. The average Bonchev–Trinajstić information content (AvgIpc) is 3.27. The van der Waals surface area contributed by atoms with Crippen LogP contribution in [0.3, 0.4) is 0 Å². The van der Waals surface area contributed by atoms with Gasteiger partial charge in [-0.25, -0.2) is 9.37 Å². The Morgan fingerprint density at radius 2 is 2.06 bits per heavy atom. The van der Waals surface area contributed by atoms with E-state index in [4.69, 9.17) is 10.1 Å². The van der Waals surface area contributed by atoms with Gasteiger partial charge in [-0.1, -0.05) is 32.0 Å². The van der Waals surface area contributed by atoms with E-state index >= 15 is 0 Å². The molecule has 2 N–H and O–H groups in total. The van der Waals surface area contributed by atoms with Gasteiger partial charge in [-0.05, 0) is 18.1 Å². The number of alkyl halides is 2. The van der Waals surface area contributed by atoms with E-state index in [9.17, 15) is 18.3 Å². The molecule has 4 rings (SSSR count). The highest BCUT2D eigenvalue weighted by molar-refractivity contribution is 5.91. The summed E-state index contributed by atoms with van der Waals surface area (Å²) >= 11 is 0. The van der Waals surface area contributed by atoms with E-state index in [-0.39, 0.29) is 17.7 Å². The summed E-state index contributed by atoms with van der Waals surface area (Å²) in [6.07, 6.45) is 1.95. The Bertz CT molecular complexity index is 1190. The van der Waals surface area contributed by atoms with Crippen molar-refractivity contribution in [3.8, 4) is 5.75 Å². The van der Waals surface area contributed by atoms with Crippen LogP contribution in [0, 0.1) is 17.1 Å². The summed E-state index contributed by atoms with van der Waals surface area (Å²) < 4.78 is 47.3. The first kappa shape index (κ1) is 23.0. The lowest BCUT2D eigenvalue weighted by atomic mass is 9.99. The molecule has 3 aromatic rings. The fraction of sp³-hybridized carbons (Fsp3) is 0.375. The highest BCUT2D eigenvalue weighted by Crippen LogP contribution is 2.44. The van der Waals surface area contributed by atoms with Gasteiger partial charge in [0.25, 0.3) is 0 Å². The Morgan fingerprint density at radius 3 is 2.76 bits per heavy atom. The van der Waals surface area contributed by atoms with Crippen LogP contribution in [-0.2, 0) is 0 Å². The van der Waals surface area contributed by atoms with Gasteiger partial charge in [0, 0.05) is 42.6 Å². The van der Waals surface area contributed by atoms with Crippen LogP contribution in [0.4, 0.5) is 13.2 Å². The van der Waals surface area contributed by atoms with E-state index in [0.29, 0.717) is 34.9 Å². The summed E-state index contributed by atoms with van der Waals surface area (Å²) in [5.41, 5.74) is 1.61. The van der Waals surface area contributed by atoms with Crippen molar-refractivity contribution in [1.82, 2.24) is 9.55 Å². The van der Waals surface area contributed by atoms with Gasteiger partial charge in [-0.15, -0.1) is 0 Å². The predicted molar refractivity (Wildman–Crippen MR) is 120 cm³/mol. The van der Waals surface area contributed by atoms with Crippen LogP contribution in [-0.4, -0.2) is 40.2 Å². The van der Waals surface area contributed by atoms with Crippen LogP contribution in [0.15, 0.2) is 41.4 Å². The first-order valence-electron chi connectivity index (χ1n) is 10.7. The number of aromatic nitrogens is 2. The third kappa shape index (κ3) is 4.50. The number of nitrogens with one attached hydrogen (secondary N) is 1. The molecule has 9 heteroatoms. The number of aliphatic hydroxyl groups excluding tert-OH is 1. The largest absolute Gasteiger partial charge is 0.434 e. The number of nitrogens with zero attached hydrogens (tertiary/aromatic N) is 3. The molecule has 1 aromatic heterocycles. The monoisotopic (exact) mass is 458 g/mol. The molecule has 2 aromatic carbocycles. The van der Waals surface area contributed by atoms with Crippen molar-refractivity contribution < 1.29 is 23.0 Å². The topological polar surface area (TPSA) is 83.5 Å². The first-order chi connectivity index (χ1) is 15.8. The van der Waals surface area contributed by atoms with E-state index in [1.807, 2.05) is 13.8 Å². The molecule has 0 saturated carbocycles. The number of fused-ring (bicyclic) bond motifs is 3. The van der Waals surface area contributed by atoms with Crippen molar-refractivity contribution >= 4 is 23.5 Å². The minimum atomic E-state index is -2.99. The van der Waals surface area contributed by atoms with Crippen molar-refractivity contribution in [2.75, 3.05) is 6.54 Å². The van der Waals surface area contributed by atoms with Gasteiger partial charge in [0.1, 0.15) is 23.5 Å². The predicted octanol–water partition coefficient (Wildman–Crippen LogP) is 5.26. The number of ether oxygens (including phenoxy) is 1. The quantitative estimate of drug-likeness (QED) is 0.452. The van der Waals surface area contributed by atoms with Gasteiger partial charge in [0.2, 0.25) is 0 Å². The molecule has 0 fully saturated rings. The Kier molecular flexibility index (Phi) is 6.51. The Balaban J connectivity index is 1.82. The van der Waals surface area contributed by atoms with Gasteiger partial charge in [-0.3, -0.25) is 4.99 Å². The number of aliphatic hydroxyl groups is 1. The van der Waals surface area contributed by atoms with E-state index in [1.54, 1.807) is 35.0 Å². The number of imidazole rings is 1. The number of para-hydroxylation sites is 1. The lowest BCUT2D eigenvalue weighted by Crippen LogP contribution is -2.11. The lowest BCUT2D eigenvalue weighted by Gasteiger charge is -2.19. The fourth-order valence-corrected chi connectivity index (χ4v) is 4.21. The molecule has 0 radical (unpaired) electrons. The zero-order valence-corrected chi connectivity index (χ0v) is 18.3. The summed E-state index contributed by atoms with van der Waals surface area (Å²) in [6, 6.07) is 8.76. The molecule has 3 atom stereocenters. The lowest BCUT2D eigenvalue weighted by molar-refractivity contribution is -0.0507. The standard InChI is InChI=1S/C24H25F3N4O2/c1-13(2)11-29-12-14(10-28)16-7-20-18(8-17(16)25)30-23-21(32)9-19(31(20)23)15-5-3-4-6-22(15)33-24(26)27/h3-8,10,12-14,19,21,24,28,32H,9,11H2,1-2H3. The van der Waals surface area contributed by atoms with Gasteiger partial charge >= 0.3 is 6.61 Å². The second kappa shape index (κ2) is 9.35. The number of benzene rings is 2. The van der Waals surface area contributed by atoms with E-state index in [0.717, 1.165) is 6.21 Å². The molecular weight excluding hydrogens is 433 g/mol. The van der Waals surface area contributed by atoms with Gasteiger partial charge < -0.3 is 19.8 Å². The van der Waals surface area contributed by atoms with Gasteiger partial charge in [0.05, 0.1) is 23.0 Å². The Labute approximate surface area is 189 Å². The summed E-state index contributed by atoms with van der Waals surface area (Å²) in [6.45, 7) is 1.60. The zero-order valence-electron chi connectivity index (χ0n) is 18.3. The highest BCUT2D eigenvalue weighted by atomic mass is 19.3. The van der Waals surface area contributed by atoms with Crippen LogP contribution in [0.25, 0.3) is 11.0 Å². The van der Waals surface area contributed by atoms with Crippen molar-refractivity contribution in [1.29, 1.82) is 5.41 Å². The second-order valence-corrected chi connectivity index (χ2v) is 8.49. The normalized spacial score (nSPS) is 19.0. The zero-order chi connectivity index (χ0) is 23.7. The molecule has 0 spiro atoms. The minimum Gasteiger partial charge on any atom is -0.434 e. The number of hydrogen-bond donors (Lipinski definition) is 2. The summed E-state index contributed by atoms with van der Waals surface area (Å²) in [5, 5.41) is 18.4. The number of rotatable bonds is 8. The Hall–Kier alpha value is -3.20. The molecule has 6 nitrogen and oxygen atoms in total. The van der Waals surface area contributed by atoms with Crippen LogP contribution in [0.1, 0.15) is 55.3 Å². The maximum absolute atomic E-state index is 15.0.